The van der Waals surface area contributed by atoms with Crippen molar-refractivity contribution in [1.82, 2.24) is 5.32 Å². The van der Waals surface area contributed by atoms with Crippen LogP contribution in [0.15, 0.2) is 22.7 Å². The molecule has 19 heavy (non-hydrogen) atoms. The molecule has 1 saturated carbocycles. The van der Waals surface area contributed by atoms with Gasteiger partial charge in [-0.3, -0.25) is 4.79 Å². The third kappa shape index (κ3) is 4.51. The van der Waals surface area contributed by atoms with Gasteiger partial charge < -0.3 is 15.8 Å². The van der Waals surface area contributed by atoms with Crippen LogP contribution in [0.4, 0.5) is 0 Å². The highest BCUT2D eigenvalue weighted by Crippen LogP contribution is 2.27. The van der Waals surface area contributed by atoms with Gasteiger partial charge in [0.1, 0.15) is 5.75 Å². The zero-order valence-corrected chi connectivity index (χ0v) is 12.6. The van der Waals surface area contributed by atoms with Crippen LogP contribution in [-0.4, -0.2) is 18.6 Å². The van der Waals surface area contributed by atoms with Gasteiger partial charge >= 0.3 is 0 Å². The molecule has 1 aromatic rings. The summed E-state index contributed by atoms with van der Waals surface area (Å²) >= 11 is 3.41. The second-order valence-corrected chi connectivity index (χ2v) is 5.83. The van der Waals surface area contributed by atoms with Gasteiger partial charge in [0.25, 0.3) is 0 Å². The van der Waals surface area contributed by atoms with Gasteiger partial charge in [-0.05, 0) is 38.0 Å². The number of hydrogen-bond acceptors (Lipinski definition) is 3. The Morgan fingerprint density at radius 2 is 2.32 bits per heavy atom. The van der Waals surface area contributed by atoms with Gasteiger partial charge in [-0.2, -0.15) is 0 Å². The van der Waals surface area contributed by atoms with E-state index in [0.29, 0.717) is 19.1 Å². The lowest BCUT2D eigenvalue weighted by Crippen LogP contribution is -2.26. The van der Waals surface area contributed by atoms with Crippen molar-refractivity contribution in [1.29, 1.82) is 0 Å². The summed E-state index contributed by atoms with van der Waals surface area (Å²) in [7, 11) is 0. The molecule has 4 nitrogen and oxygen atoms in total. The van der Waals surface area contributed by atoms with E-state index in [4.69, 9.17) is 10.5 Å². The summed E-state index contributed by atoms with van der Waals surface area (Å²) in [4.78, 5) is 11.5. The SMILES string of the molecule is CC(N)c1cc(Br)ccc1OCCC(=O)NC1CC1. The Balaban J connectivity index is 1.86. The first-order valence-corrected chi connectivity index (χ1v) is 7.33. The molecule has 104 valence electrons. The minimum absolute atomic E-state index is 0.0574. The van der Waals surface area contributed by atoms with Crippen molar-refractivity contribution in [2.45, 2.75) is 38.3 Å². The topological polar surface area (TPSA) is 64.3 Å². The molecule has 0 aliphatic heterocycles. The Hall–Kier alpha value is -1.07. The Kier molecular flexibility index (Phi) is 4.82. The lowest BCUT2D eigenvalue weighted by molar-refractivity contribution is -0.121. The standard InChI is InChI=1S/C14H19BrN2O2/c1-9(16)12-8-10(15)2-5-13(12)19-7-6-14(18)17-11-3-4-11/h2,5,8-9,11H,3-4,6-7,16H2,1H3,(H,17,18). The van der Waals surface area contributed by atoms with E-state index in [9.17, 15) is 4.79 Å². The number of rotatable bonds is 6. The van der Waals surface area contributed by atoms with Gasteiger partial charge in [0.05, 0.1) is 13.0 Å². The maximum absolute atomic E-state index is 11.5. The van der Waals surface area contributed by atoms with Crippen molar-refractivity contribution in [2.24, 2.45) is 5.73 Å². The van der Waals surface area contributed by atoms with Crippen LogP contribution in [-0.2, 0) is 4.79 Å². The summed E-state index contributed by atoms with van der Waals surface area (Å²) in [6.07, 6.45) is 2.59. The maximum Gasteiger partial charge on any atom is 0.223 e. The molecule has 1 atom stereocenters. The van der Waals surface area contributed by atoms with Crippen LogP contribution in [0, 0.1) is 0 Å². The predicted octanol–water partition coefficient (Wildman–Crippen LogP) is 2.52. The summed E-state index contributed by atoms with van der Waals surface area (Å²) in [6.45, 7) is 2.29. The number of ether oxygens (including phenoxy) is 1. The summed E-state index contributed by atoms with van der Waals surface area (Å²) in [5, 5.41) is 2.94. The quantitative estimate of drug-likeness (QED) is 0.844. The highest BCUT2D eigenvalue weighted by atomic mass is 79.9. The van der Waals surface area contributed by atoms with E-state index in [-0.39, 0.29) is 11.9 Å². The first-order chi connectivity index (χ1) is 9.06. The largest absolute Gasteiger partial charge is 0.493 e. The normalized spacial score (nSPS) is 15.9. The molecule has 5 heteroatoms. The lowest BCUT2D eigenvalue weighted by Gasteiger charge is -2.14. The van der Waals surface area contributed by atoms with E-state index in [0.717, 1.165) is 28.6 Å². The molecule has 0 radical (unpaired) electrons. The summed E-state index contributed by atoms with van der Waals surface area (Å²) in [6, 6.07) is 6.03. The monoisotopic (exact) mass is 326 g/mol. The number of carbonyl (C=O) groups is 1. The molecular formula is C14H19BrN2O2. The van der Waals surface area contributed by atoms with Crippen LogP contribution in [0.3, 0.4) is 0 Å². The van der Waals surface area contributed by atoms with E-state index in [2.05, 4.69) is 21.2 Å². The van der Waals surface area contributed by atoms with Crippen molar-refractivity contribution in [2.75, 3.05) is 6.61 Å². The minimum atomic E-state index is -0.104. The van der Waals surface area contributed by atoms with Crippen molar-refractivity contribution in [3.8, 4) is 5.75 Å². The lowest BCUT2D eigenvalue weighted by atomic mass is 10.1. The van der Waals surface area contributed by atoms with Crippen molar-refractivity contribution in [3.63, 3.8) is 0 Å². The zero-order valence-electron chi connectivity index (χ0n) is 11.0. The van der Waals surface area contributed by atoms with Gasteiger partial charge in [0, 0.05) is 22.1 Å². The number of nitrogens with two attached hydrogens (primary N) is 1. The fraction of sp³-hybridized carbons (Fsp3) is 0.500. The van der Waals surface area contributed by atoms with Gasteiger partial charge in [-0.1, -0.05) is 15.9 Å². The van der Waals surface area contributed by atoms with Crippen molar-refractivity contribution < 1.29 is 9.53 Å². The van der Waals surface area contributed by atoms with E-state index in [1.54, 1.807) is 0 Å². The molecule has 0 heterocycles. The molecule has 3 N–H and O–H groups in total. The van der Waals surface area contributed by atoms with Gasteiger partial charge in [-0.15, -0.1) is 0 Å². The number of amides is 1. The van der Waals surface area contributed by atoms with E-state index >= 15 is 0 Å². The van der Waals surface area contributed by atoms with Gasteiger partial charge in [-0.25, -0.2) is 0 Å². The molecule has 1 aromatic carbocycles. The molecule has 1 aliphatic rings. The highest BCUT2D eigenvalue weighted by molar-refractivity contribution is 9.10. The van der Waals surface area contributed by atoms with Crippen LogP contribution in [0.2, 0.25) is 0 Å². The Morgan fingerprint density at radius 3 is 2.95 bits per heavy atom. The molecule has 1 unspecified atom stereocenters. The average Bonchev–Trinajstić information content (AvgIpc) is 3.14. The van der Waals surface area contributed by atoms with E-state index in [1.165, 1.54) is 0 Å². The third-order valence-electron chi connectivity index (χ3n) is 2.99. The first-order valence-electron chi connectivity index (χ1n) is 6.53. The van der Waals surface area contributed by atoms with Gasteiger partial charge in [0.15, 0.2) is 0 Å². The zero-order chi connectivity index (χ0) is 13.8. The molecule has 0 spiro atoms. The Morgan fingerprint density at radius 1 is 1.58 bits per heavy atom. The summed E-state index contributed by atoms with van der Waals surface area (Å²) in [5.74, 6) is 0.805. The molecule has 1 amide bonds. The molecule has 1 fully saturated rings. The van der Waals surface area contributed by atoms with Crippen LogP contribution in [0.5, 0.6) is 5.75 Å². The van der Waals surface area contributed by atoms with Crippen molar-refractivity contribution in [3.05, 3.63) is 28.2 Å². The molecule has 0 saturated heterocycles. The molecule has 0 bridgehead atoms. The van der Waals surface area contributed by atoms with Crippen LogP contribution in [0.1, 0.15) is 37.8 Å². The molecular weight excluding hydrogens is 308 g/mol. The minimum Gasteiger partial charge on any atom is -0.493 e. The number of benzene rings is 1. The molecule has 2 rings (SSSR count). The molecule has 0 aromatic heterocycles. The fourth-order valence-electron chi connectivity index (χ4n) is 1.79. The van der Waals surface area contributed by atoms with Crippen LogP contribution in [0.25, 0.3) is 0 Å². The summed E-state index contributed by atoms with van der Waals surface area (Å²) in [5.41, 5.74) is 6.85. The second-order valence-electron chi connectivity index (χ2n) is 4.91. The number of hydrogen-bond donors (Lipinski definition) is 2. The Bertz CT molecular complexity index is 459. The van der Waals surface area contributed by atoms with Crippen molar-refractivity contribution >= 4 is 21.8 Å². The first kappa shape index (κ1) is 14.3. The van der Waals surface area contributed by atoms with Gasteiger partial charge in [0.2, 0.25) is 5.91 Å². The summed E-state index contributed by atoms with van der Waals surface area (Å²) < 4.78 is 6.64. The number of carbonyl (C=O) groups excluding carboxylic acids is 1. The number of nitrogens with one attached hydrogen (secondary N) is 1. The fourth-order valence-corrected chi connectivity index (χ4v) is 2.17. The highest BCUT2D eigenvalue weighted by Gasteiger charge is 2.22. The predicted molar refractivity (Wildman–Crippen MR) is 78.0 cm³/mol. The Labute approximate surface area is 121 Å². The van der Waals surface area contributed by atoms with Crippen LogP contribution < -0.4 is 15.8 Å². The molecule has 1 aliphatic carbocycles. The number of halogens is 1. The average molecular weight is 327 g/mol. The second kappa shape index (κ2) is 6.39. The van der Waals surface area contributed by atoms with Crippen LogP contribution >= 0.6 is 15.9 Å². The van der Waals surface area contributed by atoms with E-state index in [1.807, 2.05) is 25.1 Å². The smallest absolute Gasteiger partial charge is 0.223 e. The van der Waals surface area contributed by atoms with E-state index < -0.39 is 0 Å². The third-order valence-corrected chi connectivity index (χ3v) is 3.48. The maximum atomic E-state index is 11.5.